The normalized spacial score (nSPS) is 14.9. The van der Waals surface area contributed by atoms with Crippen LogP contribution in [0.3, 0.4) is 0 Å². The molecule has 0 amide bonds. The topological polar surface area (TPSA) is 108 Å². The van der Waals surface area contributed by atoms with Gasteiger partial charge in [0.05, 0.1) is 37.9 Å². The van der Waals surface area contributed by atoms with Gasteiger partial charge in [0.2, 0.25) is 0 Å². The summed E-state index contributed by atoms with van der Waals surface area (Å²) in [5.74, 6) is 0.668. The highest BCUT2D eigenvalue weighted by Crippen LogP contribution is 2.43. The number of hydrogen-bond donors (Lipinski definition) is 1. The largest absolute Gasteiger partial charge is 0.504 e. The molecule has 5 rings (SSSR count). The van der Waals surface area contributed by atoms with E-state index < -0.39 is 11.9 Å². The van der Waals surface area contributed by atoms with Gasteiger partial charge in [-0.25, -0.2) is 4.79 Å². The third-order valence-corrected chi connectivity index (χ3v) is 7.13. The van der Waals surface area contributed by atoms with Crippen molar-refractivity contribution in [2.75, 3.05) is 20.8 Å². The van der Waals surface area contributed by atoms with Gasteiger partial charge in [0.25, 0.3) is 0 Å². The molecule has 0 bridgehead atoms. The Bertz CT molecular complexity index is 1800. The summed E-state index contributed by atoms with van der Waals surface area (Å²) in [6, 6.07) is 14.2. The number of carbonyl (C=O) groups is 2. The average Bonchev–Trinajstić information content (AvgIpc) is 3.56. The molecule has 210 valence electrons. The van der Waals surface area contributed by atoms with Crippen LogP contribution in [0, 0.1) is 6.92 Å². The lowest BCUT2D eigenvalue weighted by Crippen LogP contribution is -2.25. The van der Waals surface area contributed by atoms with Crippen molar-refractivity contribution >= 4 is 24.4 Å². The molecule has 2 aromatic carbocycles. The Morgan fingerprint density at radius 3 is 2.54 bits per heavy atom. The fourth-order valence-electron chi connectivity index (χ4n) is 5.15. The van der Waals surface area contributed by atoms with E-state index in [0.29, 0.717) is 56.3 Å². The Balaban J connectivity index is 1.68. The van der Waals surface area contributed by atoms with Gasteiger partial charge in [-0.3, -0.25) is 4.79 Å². The lowest BCUT2D eigenvalue weighted by atomic mass is 9.79. The van der Waals surface area contributed by atoms with E-state index in [1.807, 2.05) is 13.0 Å². The number of benzene rings is 2. The molecule has 4 aromatic rings. The van der Waals surface area contributed by atoms with E-state index in [1.165, 1.54) is 7.11 Å². The molecule has 2 heterocycles. The van der Waals surface area contributed by atoms with E-state index in [4.69, 9.17) is 23.0 Å². The summed E-state index contributed by atoms with van der Waals surface area (Å²) in [5, 5.41) is 11.5. The zero-order valence-corrected chi connectivity index (χ0v) is 23.4. The summed E-state index contributed by atoms with van der Waals surface area (Å²) in [4.78, 5) is 24.5. The van der Waals surface area contributed by atoms with E-state index in [1.54, 1.807) is 75.6 Å². The van der Waals surface area contributed by atoms with E-state index in [-0.39, 0.29) is 17.8 Å². The summed E-state index contributed by atoms with van der Waals surface area (Å²) < 4.78 is 28.7. The first-order valence-corrected chi connectivity index (χ1v) is 13.1. The second-order valence-electron chi connectivity index (χ2n) is 9.63. The first-order chi connectivity index (χ1) is 19.8. The monoisotopic (exact) mass is 554 g/mol. The highest BCUT2D eigenvalue weighted by molar-refractivity contribution is 5.95. The smallest absolute Gasteiger partial charge is 0.335 e. The van der Waals surface area contributed by atoms with Crippen LogP contribution in [0.4, 0.5) is 0 Å². The van der Waals surface area contributed by atoms with Gasteiger partial charge in [-0.1, -0.05) is 12.1 Å². The molecule has 8 nitrogen and oxygen atoms in total. The number of hydrogen-bond acceptors (Lipinski definition) is 8. The van der Waals surface area contributed by atoms with Crippen molar-refractivity contribution in [3.05, 3.63) is 98.5 Å². The van der Waals surface area contributed by atoms with E-state index in [2.05, 4.69) is 0 Å². The van der Waals surface area contributed by atoms with Gasteiger partial charge in [0.1, 0.15) is 34.7 Å². The highest BCUT2D eigenvalue weighted by Gasteiger charge is 2.36. The predicted octanol–water partition coefficient (Wildman–Crippen LogP) is 5.02. The summed E-state index contributed by atoms with van der Waals surface area (Å²) >= 11 is 0. The summed E-state index contributed by atoms with van der Waals surface area (Å²) in [7, 11) is 3.09. The lowest BCUT2D eigenvalue weighted by Gasteiger charge is -2.25. The maximum atomic E-state index is 13.2. The molecule has 1 aliphatic carbocycles. The molecule has 8 heteroatoms. The quantitative estimate of drug-likeness (QED) is 0.239. The lowest BCUT2D eigenvalue weighted by molar-refractivity contribution is -0.138. The minimum Gasteiger partial charge on any atom is -0.504 e. The maximum Gasteiger partial charge on any atom is 0.335 e. The molecule has 1 atom stereocenters. The first-order valence-electron chi connectivity index (χ1n) is 13.1. The number of fused-ring (bicyclic) bond motifs is 1. The maximum absolute atomic E-state index is 13.2. The average molecular weight is 555 g/mol. The zero-order valence-electron chi connectivity index (χ0n) is 23.4. The molecule has 0 spiro atoms. The van der Waals surface area contributed by atoms with Gasteiger partial charge in [0, 0.05) is 22.8 Å². The van der Waals surface area contributed by atoms with Crippen LogP contribution in [0.5, 0.6) is 17.2 Å². The third-order valence-electron chi connectivity index (χ3n) is 7.13. The van der Waals surface area contributed by atoms with Gasteiger partial charge in [-0.2, -0.15) is 0 Å². The van der Waals surface area contributed by atoms with E-state index in [9.17, 15) is 14.7 Å². The molecule has 1 aliphatic rings. The molecule has 0 saturated carbocycles. The fraction of sp³-hybridized carbons (Fsp3) is 0.212. The van der Waals surface area contributed by atoms with Crippen LogP contribution in [-0.4, -0.2) is 38.2 Å². The van der Waals surface area contributed by atoms with Gasteiger partial charge < -0.3 is 28.2 Å². The number of allylic oxidation sites excluding steroid dienone is 1. The second kappa shape index (κ2) is 11.3. The standard InChI is InChI=1S/C33H30O8/c1-6-39-33(36)29-19(3)13-27-31(30(29)24-15-21(37-4)9-11-25(24)38-5)32(35)28(41-27)16-22-10-12-26(40-22)23-14-20(17-34)8-7-18(23)2/h7-17,30,35H,6H2,1-5H3. The molecule has 1 N–H and O–H groups in total. The van der Waals surface area contributed by atoms with Crippen LogP contribution < -0.4 is 20.3 Å². The fourth-order valence-corrected chi connectivity index (χ4v) is 5.15. The van der Waals surface area contributed by atoms with Crippen LogP contribution in [0.2, 0.25) is 0 Å². The van der Waals surface area contributed by atoms with Gasteiger partial charge in [-0.15, -0.1) is 0 Å². The summed E-state index contributed by atoms with van der Waals surface area (Å²) in [6.07, 6.45) is 4.09. The molecule has 1 unspecified atom stereocenters. The molecule has 0 radical (unpaired) electrons. The highest BCUT2D eigenvalue weighted by atomic mass is 16.5. The van der Waals surface area contributed by atoms with Crippen LogP contribution in [-0.2, 0) is 9.53 Å². The minimum atomic E-state index is -0.758. The van der Waals surface area contributed by atoms with Crippen LogP contribution in [0.1, 0.15) is 52.6 Å². The van der Waals surface area contributed by atoms with Crippen molar-refractivity contribution in [2.45, 2.75) is 26.7 Å². The molecule has 0 aliphatic heterocycles. The number of ether oxygens (including phenoxy) is 3. The van der Waals surface area contributed by atoms with Gasteiger partial charge in [-0.05, 0) is 74.4 Å². The summed E-state index contributed by atoms with van der Waals surface area (Å²) in [5.41, 5.74) is 4.84. The van der Waals surface area contributed by atoms with Crippen molar-refractivity contribution in [3.8, 4) is 28.6 Å². The molecule has 0 fully saturated rings. The number of carbonyl (C=O) groups excluding carboxylic acids is 2. The summed E-state index contributed by atoms with van der Waals surface area (Å²) in [6.45, 7) is 5.66. The van der Waals surface area contributed by atoms with E-state index in [0.717, 1.165) is 17.4 Å². The second-order valence-corrected chi connectivity index (χ2v) is 9.63. The van der Waals surface area contributed by atoms with E-state index >= 15 is 0 Å². The molecule has 41 heavy (non-hydrogen) atoms. The van der Waals surface area contributed by atoms with Crippen LogP contribution in [0.15, 0.2) is 68.5 Å². The number of rotatable bonds is 8. The number of esters is 1. The Labute approximate surface area is 236 Å². The van der Waals surface area contributed by atoms with Crippen molar-refractivity contribution in [1.29, 1.82) is 0 Å². The molecule has 2 aromatic heterocycles. The van der Waals surface area contributed by atoms with Crippen LogP contribution >= 0.6 is 0 Å². The number of furan rings is 2. The van der Waals surface area contributed by atoms with Crippen LogP contribution in [0.25, 0.3) is 23.5 Å². The number of aldehydes is 1. The Hall–Kier alpha value is -4.98. The Kier molecular flexibility index (Phi) is 7.57. The molecular formula is C33H30O8. The predicted molar refractivity (Wildman–Crippen MR) is 153 cm³/mol. The molecule has 0 saturated heterocycles. The first kappa shape index (κ1) is 27.6. The third kappa shape index (κ3) is 5.04. The zero-order chi connectivity index (χ0) is 29.3. The van der Waals surface area contributed by atoms with Crippen molar-refractivity contribution in [3.63, 3.8) is 0 Å². The van der Waals surface area contributed by atoms with Crippen molar-refractivity contribution in [2.24, 2.45) is 0 Å². The van der Waals surface area contributed by atoms with Crippen molar-refractivity contribution < 1.29 is 37.7 Å². The van der Waals surface area contributed by atoms with Gasteiger partial charge >= 0.3 is 5.97 Å². The number of aryl methyl sites for hydroxylation is 1. The SMILES string of the molecule is CCOC(=O)C1=C(C)C=c2oc(=Cc3ccc(-c4cc(C=O)ccc4C)o3)c(O)c2C1c1cc(OC)ccc1OC. The number of methoxy groups -OCH3 is 2. The Morgan fingerprint density at radius 1 is 1.02 bits per heavy atom. The van der Waals surface area contributed by atoms with Crippen molar-refractivity contribution in [1.82, 2.24) is 0 Å². The minimum absolute atomic E-state index is 0.141. The van der Waals surface area contributed by atoms with Gasteiger partial charge in [0.15, 0.2) is 11.2 Å². The molecular weight excluding hydrogens is 524 g/mol. The number of aromatic hydroxyl groups is 1. The Morgan fingerprint density at radius 2 is 1.83 bits per heavy atom.